The Morgan fingerprint density at radius 1 is 1.29 bits per heavy atom. The maximum Gasteiger partial charge on any atom is 0.226 e. The third-order valence-corrected chi connectivity index (χ3v) is 4.41. The quantitative estimate of drug-likeness (QED) is 0.741. The average molecular weight is 307 g/mol. The normalized spacial score (nSPS) is 16.2. The van der Waals surface area contributed by atoms with Crippen LogP contribution in [0.2, 0.25) is 0 Å². The lowest BCUT2D eigenvalue weighted by Gasteiger charge is -2.26. The number of aromatic nitrogens is 4. The number of H-pyrrole nitrogens is 1. The van der Waals surface area contributed by atoms with Crippen molar-refractivity contribution in [1.82, 2.24) is 25.1 Å². The number of fused-ring (bicyclic) bond motifs is 1. The molecule has 3 N–H and O–H groups in total. The fourth-order valence-electron chi connectivity index (χ4n) is 2.36. The highest BCUT2D eigenvalue weighted by atomic mass is 32.2. The number of rotatable bonds is 6. The fourth-order valence-corrected chi connectivity index (χ4v) is 3.34. The van der Waals surface area contributed by atoms with Crippen LogP contribution in [-0.2, 0) is 0 Å². The summed E-state index contributed by atoms with van der Waals surface area (Å²) in [7, 11) is 0. The van der Waals surface area contributed by atoms with Crippen molar-refractivity contribution in [3.63, 3.8) is 0 Å². The van der Waals surface area contributed by atoms with Gasteiger partial charge in [0.15, 0.2) is 5.65 Å². The highest BCUT2D eigenvalue weighted by Crippen LogP contribution is 2.19. The zero-order valence-electron chi connectivity index (χ0n) is 12.2. The van der Waals surface area contributed by atoms with E-state index < -0.39 is 0 Å². The topological polar surface area (TPSA) is 81.8 Å². The van der Waals surface area contributed by atoms with Gasteiger partial charge in [0.2, 0.25) is 5.95 Å². The van der Waals surface area contributed by atoms with E-state index >= 15 is 0 Å². The van der Waals surface area contributed by atoms with Gasteiger partial charge in [0.25, 0.3) is 0 Å². The van der Waals surface area contributed by atoms with Gasteiger partial charge in [-0.3, -0.25) is 10.00 Å². The Bertz CT molecular complexity index is 579. The predicted octanol–water partition coefficient (Wildman–Crippen LogP) is 1.25. The molecule has 0 atom stereocenters. The number of thioether (sulfide) groups is 1. The number of anilines is 2. The Kier molecular flexibility index (Phi) is 4.76. The summed E-state index contributed by atoms with van der Waals surface area (Å²) in [6, 6.07) is 0. The van der Waals surface area contributed by atoms with E-state index in [0.717, 1.165) is 36.5 Å². The van der Waals surface area contributed by atoms with Crippen molar-refractivity contribution in [1.29, 1.82) is 0 Å². The van der Waals surface area contributed by atoms with Gasteiger partial charge < -0.3 is 10.6 Å². The Morgan fingerprint density at radius 2 is 2.14 bits per heavy atom. The van der Waals surface area contributed by atoms with Gasteiger partial charge in [-0.1, -0.05) is 0 Å². The molecule has 3 rings (SSSR count). The number of hydrogen-bond acceptors (Lipinski definition) is 7. The van der Waals surface area contributed by atoms with E-state index in [-0.39, 0.29) is 0 Å². The number of aromatic amines is 1. The lowest BCUT2D eigenvalue weighted by molar-refractivity contribution is 0.314. The van der Waals surface area contributed by atoms with Gasteiger partial charge in [-0.25, -0.2) is 0 Å². The van der Waals surface area contributed by atoms with Crippen molar-refractivity contribution in [2.45, 2.75) is 6.92 Å². The smallest absolute Gasteiger partial charge is 0.226 e. The first-order valence-corrected chi connectivity index (χ1v) is 8.51. The zero-order chi connectivity index (χ0) is 14.5. The van der Waals surface area contributed by atoms with Gasteiger partial charge in [-0.2, -0.15) is 26.8 Å². The summed E-state index contributed by atoms with van der Waals surface area (Å²) in [5.41, 5.74) is 0.762. The summed E-state index contributed by atoms with van der Waals surface area (Å²) < 4.78 is 0. The van der Waals surface area contributed by atoms with Gasteiger partial charge in [0.05, 0.1) is 11.6 Å². The maximum absolute atomic E-state index is 4.53. The number of nitrogens with one attached hydrogen (secondary N) is 3. The standard InChI is InChI=1S/C13H21N7S/c1-2-14-13-17-11(10-9-16-19-12(10)18-13)15-3-4-20-5-7-21-8-6-20/h9H,2-8H2,1H3,(H3,14,15,16,17,18,19). The minimum absolute atomic E-state index is 0.631. The monoisotopic (exact) mass is 307 g/mol. The Balaban J connectivity index is 1.65. The maximum atomic E-state index is 4.53. The predicted molar refractivity (Wildman–Crippen MR) is 88.1 cm³/mol. The Hall–Kier alpha value is -1.54. The second kappa shape index (κ2) is 6.95. The molecule has 0 aliphatic carbocycles. The molecule has 0 saturated carbocycles. The van der Waals surface area contributed by atoms with Crippen LogP contribution in [0.5, 0.6) is 0 Å². The van der Waals surface area contributed by atoms with Crippen molar-refractivity contribution in [2.75, 3.05) is 54.9 Å². The van der Waals surface area contributed by atoms with Crippen LogP contribution in [0, 0.1) is 0 Å². The fraction of sp³-hybridized carbons (Fsp3) is 0.615. The molecule has 0 radical (unpaired) electrons. The average Bonchev–Trinajstić information content (AvgIpc) is 2.97. The molecule has 1 fully saturated rings. The zero-order valence-corrected chi connectivity index (χ0v) is 13.0. The third kappa shape index (κ3) is 3.56. The second-order valence-corrected chi connectivity index (χ2v) is 6.16. The molecule has 8 heteroatoms. The lowest BCUT2D eigenvalue weighted by Crippen LogP contribution is -2.36. The summed E-state index contributed by atoms with van der Waals surface area (Å²) in [4.78, 5) is 11.4. The molecular formula is C13H21N7S. The minimum atomic E-state index is 0.631. The Morgan fingerprint density at radius 3 is 2.95 bits per heavy atom. The number of nitrogens with zero attached hydrogens (tertiary/aromatic N) is 4. The van der Waals surface area contributed by atoms with Crippen molar-refractivity contribution in [3.8, 4) is 0 Å². The third-order valence-electron chi connectivity index (χ3n) is 3.47. The van der Waals surface area contributed by atoms with E-state index in [1.54, 1.807) is 6.20 Å². The molecule has 0 aromatic carbocycles. The van der Waals surface area contributed by atoms with Crippen LogP contribution in [0.25, 0.3) is 11.0 Å². The van der Waals surface area contributed by atoms with Crippen LogP contribution in [-0.4, -0.2) is 69.3 Å². The van der Waals surface area contributed by atoms with Crippen molar-refractivity contribution < 1.29 is 0 Å². The van der Waals surface area contributed by atoms with Gasteiger partial charge >= 0.3 is 0 Å². The number of hydrogen-bond donors (Lipinski definition) is 3. The van der Waals surface area contributed by atoms with E-state index in [0.29, 0.717) is 5.95 Å². The van der Waals surface area contributed by atoms with Gasteiger partial charge in [-0.15, -0.1) is 0 Å². The van der Waals surface area contributed by atoms with Crippen LogP contribution < -0.4 is 10.6 Å². The van der Waals surface area contributed by atoms with Crippen molar-refractivity contribution in [2.24, 2.45) is 0 Å². The van der Waals surface area contributed by atoms with Crippen LogP contribution in [0.3, 0.4) is 0 Å². The van der Waals surface area contributed by atoms with Crippen LogP contribution in [0.1, 0.15) is 6.92 Å². The van der Waals surface area contributed by atoms with E-state index in [9.17, 15) is 0 Å². The molecule has 1 saturated heterocycles. The van der Waals surface area contributed by atoms with Crippen LogP contribution >= 0.6 is 11.8 Å². The lowest BCUT2D eigenvalue weighted by atomic mass is 10.4. The highest BCUT2D eigenvalue weighted by Gasteiger charge is 2.11. The summed E-state index contributed by atoms with van der Waals surface area (Å²) in [5.74, 6) is 3.95. The SMILES string of the molecule is CCNc1nc(NCCN2CCSCC2)c2cn[nH]c2n1. The molecule has 0 bridgehead atoms. The molecule has 0 spiro atoms. The van der Waals surface area contributed by atoms with Gasteiger partial charge in [0, 0.05) is 44.2 Å². The first-order valence-electron chi connectivity index (χ1n) is 7.36. The molecule has 3 heterocycles. The minimum Gasteiger partial charge on any atom is -0.368 e. The molecular weight excluding hydrogens is 286 g/mol. The molecule has 7 nitrogen and oxygen atoms in total. The van der Waals surface area contributed by atoms with Crippen molar-refractivity contribution in [3.05, 3.63) is 6.20 Å². The first-order chi connectivity index (χ1) is 10.4. The molecule has 1 aliphatic rings. The Labute approximate surface area is 128 Å². The molecule has 114 valence electrons. The summed E-state index contributed by atoms with van der Waals surface area (Å²) in [6.45, 7) is 7.11. The molecule has 0 amide bonds. The highest BCUT2D eigenvalue weighted by molar-refractivity contribution is 7.99. The van der Waals surface area contributed by atoms with E-state index in [1.807, 2.05) is 18.7 Å². The van der Waals surface area contributed by atoms with Crippen LogP contribution in [0.4, 0.5) is 11.8 Å². The largest absolute Gasteiger partial charge is 0.368 e. The molecule has 2 aromatic heterocycles. The summed E-state index contributed by atoms with van der Waals surface area (Å²) >= 11 is 2.04. The van der Waals surface area contributed by atoms with E-state index in [4.69, 9.17) is 0 Å². The summed E-state index contributed by atoms with van der Waals surface area (Å²) in [5, 5.41) is 14.5. The van der Waals surface area contributed by atoms with E-state index in [2.05, 4.69) is 35.7 Å². The summed E-state index contributed by atoms with van der Waals surface area (Å²) in [6.07, 6.45) is 1.77. The van der Waals surface area contributed by atoms with E-state index in [1.165, 1.54) is 24.6 Å². The molecule has 2 aromatic rings. The van der Waals surface area contributed by atoms with Gasteiger partial charge in [-0.05, 0) is 6.92 Å². The molecule has 21 heavy (non-hydrogen) atoms. The van der Waals surface area contributed by atoms with Crippen LogP contribution in [0.15, 0.2) is 6.20 Å². The first kappa shape index (κ1) is 14.4. The molecule has 1 aliphatic heterocycles. The van der Waals surface area contributed by atoms with Gasteiger partial charge in [0.1, 0.15) is 5.82 Å². The molecule has 0 unspecified atom stereocenters. The van der Waals surface area contributed by atoms with Crippen molar-refractivity contribution >= 4 is 34.6 Å². The second-order valence-electron chi connectivity index (χ2n) is 4.94.